The second-order valence-electron chi connectivity index (χ2n) is 6.63. The number of pyridine rings is 1. The second kappa shape index (κ2) is 9.90. The molecule has 0 saturated heterocycles. The van der Waals surface area contributed by atoms with Gasteiger partial charge in [0, 0.05) is 33.0 Å². The number of aliphatic hydroxyl groups excluding tert-OH is 1. The minimum Gasteiger partial charge on any atom is -0.505 e. The van der Waals surface area contributed by atoms with Gasteiger partial charge in [-0.15, -0.1) is 0 Å². The molecule has 0 bridgehead atoms. The molecule has 1 amide bonds. The molecule has 166 valence electrons. The van der Waals surface area contributed by atoms with Crippen LogP contribution in [-0.4, -0.2) is 35.7 Å². The van der Waals surface area contributed by atoms with Gasteiger partial charge in [-0.1, -0.05) is 15.9 Å². The van der Waals surface area contributed by atoms with Gasteiger partial charge >= 0.3 is 0 Å². The molecule has 3 rings (SSSR count). The third kappa shape index (κ3) is 5.49. The number of hydrogen-bond donors (Lipinski definition) is 4. The molecule has 32 heavy (non-hydrogen) atoms. The van der Waals surface area contributed by atoms with Gasteiger partial charge in [-0.25, -0.2) is 13.8 Å². The molecule has 4 N–H and O–H groups in total. The van der Waals surface area contributed by atoms with Gasteiger partial charge in [-0.05, 0) is 55.5 Å². The van der Waals surface area contributed by atoms with Crippen molar-refractivity contribution >= 4 is 43.8 Å². The van der Waals surface area contributed by atoms with Crippen molar-refractivity contribution in [2.75, 3.05) is 4.72 Å². The minimum absolute atomic E-state index is 0.105. The molecule has 0 aliphatic rings. The van der Waals surface area contributed by atoms with Gasteiger partial charge in [0.1, 0.15) is 5.75 Å². The number of aromatic hydroxyl groups is 1. The summed E-state index contributed by atoms with van der Waals surface area (Å²) < 4.78 is 28.1. The standard InChI is InChI=1S/C21H19BrN4O5S/c1-13-20(28)19(15(12-27)10-23-13)11-24-25-21(29)14-2-6-17(7-3-14)26-32(30,31)18-8-4-16(22)5-9-18/h2-11,26-28H,12H2,1H3,(H,25,29). The zero-order chi connectivity index (χ0) is 23.3. The normalized spacial score (nSPS) is 11.5. The zero-order valence-electron chi connectivity index (χ0n) is 16.8. The molecule has 0 spiro atoms. The summed E-state index contributed by atoms with van der Waals surface area (Å²) in [6.45, 7) is 1.24. The maximum Gasteiger partial charge on any atom is 0.271 e. The number of hydrazone groups is 1. The molecule has 0 radical (unpaired) electrons. The van der Waals surface area contributed by atoms with Crippen molar-refractivity contribution in [2.24, 2.45) is 5.10 Å². The van der Waals surface area contributed by atoms with Crippen LogP contribution in [0.15, 0.2) is 69.2 Å². The second-order valence-corrected chi connectivity index (χ2v) is 9.22. The predicted molar refractivity (Wildman–Crippen MR) is 123 cm³/mol. The molecule has 0 aliphatic heterocycles. The highest BCUT2D eigenvalue weighted by Crippen LogP contribution is 2.22. The van der Waals surface area contributed by atoms with Gasteiger partial charge in [0.2, 0.25) is 0 Å². The van der Waals surface area contributed by atoms with Crippen LogP contribution >= 0.6 is 15.9 Å². The summed E-state index contributed by atoms with van der Waals surface area (Å²) in [4.78, 5) is 16.4. The summed E-state index contributed by atoms with van der Waals surface area (Å²) in [5, 5.41) is 23.3. The molecule has 0 unspecified atom stereocenters. The van der Waals surface area contributed by atoms with E-state index in [4.69, 9.17) is 0 Å². The van der Waals surface area contributed by atoms with E-state index in [1.165, 1.54) is 48.8 Å². The lowest BCUT2D eigenvalue weighted by atomic mass is 10.1. The Balaban J connectivity index is 1.68. The van der Waals surface area contributed by atoms with E-state index in [9.17, 15) is 23.4 Å². The molecule has 11 heteroatoms. The molecule has 9 nitrogen and oxygen atoms in total. The fraction of sp³-hybridized carbons (Fsp3) is 0.0952. The number of rotatable bonds is 7. The fourth-order valence-corrected chi connectivity index (χ4v) is 3.98. The van der Waals surface area contributed by atoms with Crippen LogP contribution in [0.2, 0.25) is 0 Å². The van der Waals surface area contributed by atoms with Crippen molar-refractivity contribution < 1.29 is 23.4 Å². The number of hydrogen-bond acceptors (Lipinski definition) is 7. The molecule has 0 aliphatic carbocycles. The summed E-state index contributed by atoms with van der Waals surface area (Å²) in [6.07, 6.45) is 2.63. The topological polar surface area (TPSA) is 141 Å². The number of halogens is 1. The number of nitrogens with one attached hydrogen (secondary N) is 2. The van der Waals surface area contributed by atoms with Crippen LogP contribution in [-0.2, 0) is 16.6 Å². The smallest absolute Gasteiger partial charge is 0.271 e. The van der Waals surface area contributed by atoms with E-state index in [1.54, 1.807) is 19.1 Å². The Bertz CT molecular complexity index is 1260. The molecular weight excluding hydrogens is 500 g/mol. The van der Waals surface area contributed by atoms with E-state index < -0.39 is 15.9 Å². The Morgan fingerprint density at radius 1 is 1.16 bits per heavy atom. The minimum atomic E-state index is -3.77. The number of aryl methyl sites for hydroxylation is 1. The van der Waals surface area contributed by atoms with Crippen LogP contribution in [0.5, 0.6) is 5.75 Å². The van der Waals surface area contributed by atoms with Crippen LogP contribution in [0.25, 0.3) is 0 Å². The number of benzene rings is 2. The van der Waals surface area contributed by atoms with Crippen LogP contribution in [0.1, 0.15) is 27.2 Å². The number of anilines is 1. The maximum absolute atomic E-state index is 12.4. The average molecular weight is 519 g/mol. The van der Waals surface area contributed by atoms with Gasteiger partial charge in [0.15, 0.2) is 0 Å². The fourth-order valence-electron chi connectivity index (χ4n) is 2.66. The van der Waals surface area contributed by atoms with Gasteiger partial charge in [0.05, 0.1) is 23.4 Å². The predicted octanol–water partition coefficient (Wildman–Crippen LogP) is 2.92. The Kier molecular flexibility index (Phi) is 7.23. The number of sulfonamides is 1. The Hall–Kier alpha value is -3.28. The van der Waals surface area contributed by atoms with E-state index in [0.29, 0.717) is 11.3 Å². The van der Waals surface area contributed by atoms with E-state index in [-0.39, 0.29) is 34.1 Å². The number of carbonyl (C=O) groups is 1. The Morgan fingerprint density at radius 3 is 2.44 bits per heavy atom. The van der Waals surface area contributed by atoms with Crippen LogP contribution in [0, 0.1) is 6.92 Å². The zero-order valence-corrected chi connectivity index (χ0v) is 19.2. The summed E-state index contributed by atoms with van der Waals surface area (Å²) in [7, 11) is -3.77. The van der Waals surface area contributed by atoms with E-state index in [2.05, 4.69) is 36.2 Å². The number of aromatic nitrogens is 1. The molecule has 2 aromatic carbocycles. The summed E-state index contributed by atoms with van der Waals surface area (Å²) >= 11 is 3.26. The lowest BCUT2D eigenvalue weighted by Crippen LogP contribution is -2.18. The molecule has 3 aromatic rings. The van der Waals surface area contributed by atoms with E-state index >= 15 is 0 Å². The molecule has 1 aromatic heterocycles. The Labute approximate surface area is 193 Å². The summed E-state index contributed by atoms with van der Waals surface area (Å²) in [5.74, 6) is -0.684. The molecule has 1 heterocycles. The number of amides is 1. The largest absolute Gasteiger partial charge is 0.505 e. The van der Waals surface area contributed by atoms with E-state index in [1.807, 2.05) is 0 Å². The lowest BCUT2D eigenvalue weighted by molar-refractivity contribution is 0.0955. The summed E-state index contributed by atoms with van der Waals surface area (Å²) in [6, 6.07) is 12.0. The van der Waals surface area contributed by atoms with Crippen molar-refractivity contribution in [1.29, 1.82) is 0 Å². The first-order valence-electron chi connectivity index (χ1n) is 9.21. The van der Waals surface area contributed by atoms with Crippen LogP contribution < -0.4 is 10.1 Å². The van der Waals surface area contributed by atoms with Crippen molar-refractivity contribution in [1.82, 2.24) is 10.4 Å². The monoisotopic (exact) mass is 518 g/mol. The van der Waals surface area contributed by atoms with E-state index in [0.717, 1.165) is 4.47 Å². The number of carbonyl (C=O) groups excluding carboxylic acids is 1. The molecular formula is C21H19BrN4O5S. The lowest BCUT2D eigenvalue weighted by Gasteiger charge is -2.09. The van der Waals surface area contributed by atoms with Gasteiger partial charge in [0.25, 0.3) is 15.9 Å². The van der Waals surface area contributed by atoms with Crippen LogP contribution in [0.3, 0.4) is 0 Å². The van der Waals surface area contributed by atoms with Crippen molar-refractivity contribution in [3.05, 3.63) is 81.6 Å². The van der Waals surface area contributed by atoms with Gasteiger partial charge in [-0.3, -0.25) is 14.5 Å². The van der Waals surface area contributed by atoms with Gasteiger partial charge in [-0.2, -0.15) is 5.10 Å². The molecule has 0 atom stereocenters. The van der Waals surface area contributed by atoms with Crippen molar-refractivity contribution in [2.45, 2.75) is 18.4 Å². The third-order valence-electron chi connectivity index (χ3n) is 4.41. The van der Waals surface area contributed by atoms with Gasteiger partial charge < -0.3 is 10.2 Å². The highest BCUT2D eigenvalue weighted by atomic mass is 79.9. The molecule has 0 fully saturated rings. The SMILES string of the molecule is Cc1ncc(CO)c(C=NNC(=O)c2ccc(NS(=O)(=O)c3ccc(Br)cc3)cc2)c1O. The highest BCUT2D eigenvalue weighted by molar-refractivity contribution is 9.10. The number of nitrogens with zero attached hydrogens (tertiary/aromatic N) is 2. The average Bonchev–Trinajstić information content (AvgIpc) is 2.77. The maximum atomic E-state index is 12.4. The number of aliphatic hydroxyl groups is 1. The van der Waals surface area contributed by atoms with Crippen LogP contribution in [0.4, 0.5) is 5.69 Å². The Morgan fingerprint density at radius 2 is 1.81 bits per heavy atom. The summed E-state index contributed by atoms with van der Waals surface area (Å²) in [5.41, 5.74) is 3.81. The van der Waals surface area contributed by atoms with Crippen molar-refractivity contribution in [3.63, 3.8) is 0 Å². The first-order valence-corrected chi connectivity index (χ1v) is 11.5. The molecule has 0 saturated carbocycles. The first-order chi connectivity index (χ1) is 15.2. The first kappa shape index (κ1) is 23.4. The van der Waals surface area contributed by atoms with Crippen molar-refractivity contribution in [3.8, 4) is 5.75 Å². The highest BCUT2D eigenvalue weighted by Gasteiger charge is 2.14. The third-order valence-corrected chi connectivity index (χ3v) is 6.34. The quantitative estimate of drug-likeness (QED) is 0.280.